The van der Waals surface area contributed by atoms with Crippen LogP contribution in [-0.4, -0.2) is 40.7 Å². The van der Waals surface area contributed by atoms with Crippen LogP contribution in [0.4, 0.5) is 10.5 Å². The molecule has 2 aromatic carbocycles. The van der Waals surface area contributed by atoms with E-state index in [4.69, 9.17) is 11.6 Å². The van der Waals surface area contributed by atoms with Crippen molar-refractivity contribution in [2.75, 3.05) is 19.4 Å². The molecule has 146 valence electrons. The van der Waals surface area contributed by atoms with E-state index in [1.165, 1.54) is 16.7 Å². The van der Waals surface area contributed by atoms with Crippen molar-refractivity contribution >= 4 is 52.0 Å². The molecular weight excluding hydrogens is 398 g/mol. The number of aromatic nitrogens is 1. The maximum atomic E-state index is 12.2. The largest absolute Gasteiger partial charge is 0.480 e. The van der Waals surface area contributed by atoms with E-state index in [0.717, 1.165) is 26.4 Å². The summed E-state index contributed by atoms with van der Waals surface area (Å²) in [5.74, 6) is -0.925. The number of halogens is 1. The minimum atomic E-state index is -0.925. The van der Waals surface area contributed by atoms with E-state index in [-0.39, 0.29) is 12.6 Å². The normalized spacial score (nSPS) is 10.9. The molecular formula is C20H20ClN3O3S. The maximum absolute atomic E-state index is 12.2. The van der Waals surface area contributed by atoms with Crippen LogP contribution < -0.4 is 5.32 Å². The Hall–Kier alpha value is -2.64. The van der Waals surface area contributed by atoms with Crippen molar-refractivity contribution in [3.8, 4) is 0 Å². The molecule has 0 aliphatic carbocycles. The molecule has 2 amide bonds. The van der Waals surface area contributed by atoms with Gasteiger partial charge in [0.2, 0.25) is 0 Å². The third-order valence-electron chi connectivity index (χ3n) is 4.27. The molecule has 2 N–H and O–H groups in total. The fourth-order valence-electron chi connectivity index (χ4n) is 2.90. The molecule has 0 spiro atoms. The van der Waals surface area contributed by atoms with Crippen molar-refractivity contribution in [2.24, 2.45) is 0 Å². The van der Waals surface area contributed by atoms with E-state index in [9.17, 15) is 14.7 Å². The van der Waals surface area contributed by atoms with Crippen LogP contribution in [0.5, 0.6) is 0 Å². The smallest absolute Gasteiger partial charge is 0.323 e. The molecule has 3 rings (SSSR count). The number of nitrogens with zero attached hydrogens (tertiary/aromatic N) is 2. The number of hydrogen-bond donors (Lipinski definition) is 2. The molecule has 1 heterocycles. The quantitative estimate of drug-likeness (QED) is 0.617. The molecule has 28 heavy (non-hydrogen) atoms. The number of anilines is 1. The van der Waals surface area contributed by atoms with Crippen molar-refractivity contribution in [2.45, 2.75) is 23.3 Å². The molecule has 1 aromatic heterocycles. The number of nitrogens with one attached hydrogen (secondary N) is 1. The molecule has 0 saturated heterocycles. The minimum Gasteiger partial charge on any atom is -0.480 e. The maximum Gasteiger partial charge on any atom is 0.323 e. The lowest BCUT2D eigenvalue weighted by Gasteiger charge is -2.13. The van der Waals surface area contributed by atoms with Gasteiger partial charge in [0, 0.05) is 40.0 Å². The Labute approximate surface area is 172 Å². The van der Waals surface area contributed by atoms with Gasteiger partial charge in [-0.2, -0.15) is 0 Å². The lowest BCUT2D eigenvalue weighted by molar-refractivity contribution is -0.137. The number of carbonyl (C=O) groups excluding carboxylic acids is 1. The Kier molecular flexibility index (Phi) is 5.86. The van der Waals surface area contributed by atoms with Crippen LogP contribution in [0, 0.1) is 6.92 Å². The van der Waals surface area contributed by atoms with Crippen LogP contribution >= 0.6 is 23.4 Å². The highest BCUT2D eigenvalue weighted by Crippen LogP contribution is 2.41. The molecule has 8 heteroatoms. The second kappa shape index (κ2) is 8.16. The molecule has 0 atom stereocenters. The molecule has 0 bridgehead atoms. The van der Waals surface area contributed by atoms with Crippen molar-refractivity contribution in [3.63, 3.8) is 0 Å². The van der Waals surface area contributed by atoms with Gasteiger partial charge in [0.1, 0.15) is 6.54 Å². The average Bonchev–Trinajstić information content (AvgIpc) is 2.89. The molecule has 0 fully saturated rings. The first-order valence-corrected chi connectivity index (χ1v) is 9.72. The fraction of sp³-hybridized carbons (Fsp3) is 0.200. The predicted molar refractivity (Wildman–Crippen MR) is 113 cm³/mol. The number of carboxylic acid groups (broad SMARTS) is 1. The number of amides is 2. The molecule has 0 aliphatic rings. The monoisotopic (exact) mass is 417 g/mol. The van der Waals surface area contributed by atoms with Crippen LogP contribution in [0.25, 0.3) is 10.9 Å². The van der Waals surface area contributed by atoms with Crippen LogP contribution in [0.1, 0.15) is 5.69 Å². The van der Waals surface area contributed by atoms with Crippen LogP contribution in [0.3, 0.4) is 0 Å². The minimum absolute atomic E-state index is 0.158. The van der Waals surface area contributed by atoms with Crippen LogP contribution in [-0.2, 0) is 11.3 Å². The molecule has 0 unspecified atom stereocenters. The number of aliphatic carboxylic acids is 1. The van der Waals surface area contributed by atoms with Gasteiger partial charge in [-0.05, 0) is 43.3 Å². The summed E-state index contributed by atoms with van der Waals surface area (Å²) in [6.07, 6.45) is 0. The average molecular weight is 418 g/mol. The van der Waals surface area contributed by atoms with Crippen molar-refractivity contribution in [1.82, 2.24) is 9.47 Å². The topological polar surface area (TPSA) is 74.6 Å². The highest BCUT2D eigenvalue weighted by molar-refractivity contribution is 7.99. The van der Waals surface area contributed by atoms with E-state index in [1.807, 2.05) is 49.4 Å². The Morgan fingerprint density at radius 1 is 1.18 bits per heavy atom. The summed E-state index contributed by atoms with van der Waals surface area (Å²) in [6.45, 7) is 1.73. The first kappa shape index (κ1) is 20.1. The SMILES string of the molecule is Cc1c(Sc2ccc(Cl)cc2)c2c(NC(=O)N(C)C)cccc2n1CC(=O)O. The summed E-state index contributed by atoms with van der Waals surface area (Å²) in [7, 11) is 3.33. The molecule has 0 aliphatic heterocycles. The Morgan fingerprint density at radius 3 is 2.46 bits per heavy atom. The summed E-state index contributed by atoms with van der Waals surface area (Å²) in [6, 6.07) is 12.7. The van der Waals surface area contributed by atoms with Gasteiger partial charge >= 0.3 is 12.0 Å². The number of fused-ring (bicyclic) bond motifs is 1. The zero-order chi connectivity index (χ0) is 20.4. The summed E-state index contributed by atoms with van der Waals surface area (Å²) < 4.78 is 1.75. The number of benzene rings is 2. The predicted octanol–water partition coefficient (Wildman–Crippen LogP) is 4.93. The zero-order valence-corrected chi connectivity index (χ0v) is 17.3. The Balaban J connectivity index is 2.18. The van der Waals surface area contributed by atoms with Crippen molar-refractivity contribution < 1.29 is 14.7 Å². The van der Waals surface area contributed by atoms with E-state index in [2.05, 4.69) is 5.32 Å². The van der Waals surface area contributed by atoms with Gasteiger partial charge in [-0.3, -0.25) is 4.79 Å². The molecule has 6 nitrogen and oxygen atoms in total. The zero-order valence-electron chi connectivity index (χ0n) is 15.7. The van der Waals surface area contributed by atoms with Crippen molar-refractivity contribution in [1.29, 1.82) is 0 Å². The standard InChI is InChI=1S/C20H20ClN3O3S/c1-12-19(28-14-9-7-13(21)8-10-14)18-15(22-20(27)23(2)3)5-4-6-16(18)24(12)11-17(25)26/h4-10H,11H2,1-3H3,(H,22,27)(H,25,26). The van der Waals surface area contributed by atoms with Gasteiger partial charge in [0.05, 0.1) is 11.2 Å². The van der Waals surface area contributed by atoms with E-state index < -0.39 is 5.97 Å². The van der Waals surface area contributed by atoms with E-state index in [1.54, 1.807) is 18.7 Å². The second-order valence-electron chi connectivity index (χ2n) is 6.47. The van der Waals surface area contributed by atoms with Gasteiger partial charge in [-0.25, -0.2) is 4.79 Å². The first-order valence-electron chi connectivity index (χ1n) is 8.53. The summed E-state index contributed by atoms with van der Waals surface area (Å²) >= 11 is 7.50. The Morgan fingerprint density at radius 2 is 1.86 bits per heavy atom. The highest BCUT2D eigenvalue weighted by Gasteiger charge is 2.20. The van der Waals surface area contributed by atoms with Gasteiger partial charge < -0.3 is 19.9 Å². The van der Waals surface area contributed by atoms with Gasteiger partial charge in [-0.15, -0.1) is 0 Å². The highest BCUT2D eigenvalue weighted by atomic mass is 35.5. The lowest BCUT2D eigenvalue weighted by atomic mass is 10.2. The van der Waals surface area contributed by atoms with E-state index >= 15 is 0 Å². The van der Waals surface area contributed by atoms with Gasteiger partial charge in [0.25, 0.3) is 0 Å². The van der Waals surface area contributed by atoms with Crippen molar-refractivity contribution in [3.05, 3.63) is 53.2 Å². The number of carboxylic acids is 1. The molecule has 0 saturated carbocycles. The Bertz CT molecular complexity index is 1050. The number of rotatable bonds is 5. The third kappa shape index (κ3) is 4.10. The number of urea groups is 1. The number of carbonyl (C=O) groups is 2. The summed E-state index contributed by atoms with van der Waals surface area (Å²) in [4.78, 5) is 26.9. The second-order valence-corrected chi connectivity index (χ2v) is 7.99. The fourth-order valence-corrected chi connectivity index (χ4v) is 4.11. The van der Waals surface area contributed by atoms with Gasteiger partial charge in [0.15, 0.2) is 0 Å². The van der Waals surface area contributed by atoms with E-state index in [0.29, 0.717) is 10.7 Å². The van der Waals surface area contributed by atoms with Crippen LogP contribution in [0.15, 0.2) is 52.3 Å². The van der Waals surface area contributed by atoms with Gasteiger partial charge in [-0.1, -0.05) is 29.4 Å². The first-order chi connectivity index (χ1) is 13.3. The summed E-state index contributed by atoms with van der Waals surface area (Å²) in [5, 5.41) is 13.7. The number of hydrogen-bond acceptors (Lipinski definition) is 3. The molecule has 3 aromatic rings. The third-order valence-corrected chi connectivity index (χ3v) is 5.73. The van der Waals surface area contributed by atoms with Crippen LogP contribution in [0.2, 0.25) is 5.02 Å². The molecule has 0 radical (unpaired) electrons. The lowest BCUT2D eigenvalue weighted by Crippen LogP contribution is -2.27. The summed E-state index contributed by atoms with van der Waals surface area (Å²) in [5.41, 5.74) is 2.22.